The molecule has 1 saturated heterocycles. The van der Waals surface area contributed by atoms with Crippen LogP contribution in [0.3, 0.4) is 0 Å². The first-order chi connectivity index (χ1) is 11.7. The van der Waals surface area contributed by atoms with Crippen molar-refractivity contribution in [3.8, 4) is 0 Å². The molecule has 2 fully saturated rings. The molecule has 3 rings (SSSR count). The van der Waals surface area contributed by atoms with Gasteiger partial charge in [0.1, 0.15) is 0 Å². The van der Waals surface area contributed by atoms with Crippen LogP contribution in [0.15, 0.2) is 24.3 Å². The predicted molar refractivity (Wildman–Crippen MR) is 99.7 cm³/mol. The van der Waals surface area contributed by atoms with Gasteiger partial charge in [-0.1, -0.05) is 62.8 Å². The molecule has 0 bridgehead atoms. The van der Waals surface area contributed by atoms with Gasteiger partial charge < -0.3 is 15.7 Å². The van der Waals surface area contributed by atoms with Crippen molar-refractivity contribution < 1.29 is 5.11 Å². The molecule has 0 unspecified atom stereocenters. The number of piperidine rings is 1. The minimum absolute atomic E-state index is 0.504. The first-order valence-corrected chi connectivity index (χ1v) is 9.94. The highest BCUT2D eigenvalue weighted by Gasteiger charge is 2.35. The molecule has 0 radical (unpaired) electrons. The number of rotatable bonds is 5. The number of nitrogens with zero attached hydrogens (tertiary/aromatic N) is 1. The van der Waals surface area contributed by atoms with Crippen LogP contribution in [0.5, 0.6) is 0 Å². The molecular formula is C21H34N2O. The highest BCUT2D eigenvalue weighted by molar-refractivity contribution is 5.32. The first-order valence-electron chi connectivity index (χ1n) is 9.94. The Balaban J connectivity index is 1.51. The molecule has 134 valence electrons. The molecule has 0 spiro atoms. The third-order valence-corrected chi connectivity index (χ3v) is 6.25. The van der Waals surface area contributed by atoms with E-state index < -0.39 is 5.60 Å². The summed E-state index contributed by atoms with van der Waals surface area (Å²) in [4.78, 5) is 2.56. The normalized spacial score (nSPS) is 23.1. The van der Waals surface area contributed by atoms with E-state index in [1.165, 1.54) is 51.5 Å². The molecule has 3 heteroatoms. The zero-order valence-corrected chi connectivity index (χ0v) is 15.1. The Morgan fingerprint density at radius 2 is 1.71 bits per heavy atom. The van der Waals surface area contributed by atoms with Gasteiger partial charge in [-0.25, -0.2) is 0 Å². The fourth-order valence-corrected chi connectivity index (χ4v) is 4.59. The van der Waals surface area contributed by atoms with Crippen LogP contribution in [0.2, 0.25) is 0 Å². The van der Waals surface area contributed by atoms with Gasteiger partial charge in [0.25, 0.3) is 0 Å². The molecule has 0 aromatic heterocycles. The van der Waals surface area contributed by atoms with Crippen molar-refractivity contribution in [1.82, 2.24) is 4.90 Å². The van der Waals surface area contributed by atoms with Crippen LogP contribution in [0.4, 0.5) is 0 Å². The van der Waals surface area contributed by atoms with Crippen molar-refractivity contribution in [3.05, 3.63) is 35.4 Å². The van der Waals surface area contributed by atoms with E-state index in [1.807, 2.05) is 18.2 Å². The van der Waals surface area contributed by atoms with Gasteiger partial charge in [-0.15, -0.1) is 0 Å². The van der Waals surface area contributed by atoms with Gasteiger partial charge >= 0.3 is 0 Å². The number of hydrogen-bond donors (Lipinski definition) is 2. The zero-order chi connectivity index (χ0) is 16.8. The summed E-state index contributed by atoms with van der Waals surface area (Å²) in [5.74, 6) is 0.936. The number of likely N-dealkylation sites (tertiary alicyclic amines) is 1. The molecule has 1 heterocycles. The predicted octanol–water partition coefficient (Wildman–Crippen LogP) is 3.79. The van der Waals surface area contributed by atoms with Crippen molar-refractivity contribution in [2.45, 2.75) is 69.9 Å². The highest BCUT2D eigenvalue weighted by atomic mass is 16.3. The summed E-state index contributed by atoms with van der Waals surface area (Å²) in [5.41, 5.74) is 7.32. The molecule has 1 aliphatic carbocycles. The van der Waals surface area contributed by atoms with E-state index in [0.717, 1.165) is 43.0 Å². The Bertz CT molecular complexity index is 500. The summed E-state index contributed by atoms with van der Waals surface area (Å²) >= 11 is 0. The highest BCUT2D eigenvalue weighted by Crippen LogP contribution is 2.35. The molecule has 1 saturated carbocycles. The van der Waals surface area contributed by atoms with Gasteiger partial charge in [0.15, 0.2) is 0 Å². The maximum absolute atomic E-state index is 11.1. The van der Waals surface area contributed by atoms with E-state index in [9.17, 15) is 5.11 Å². The summed E-state index contributed by atoms with van der Waals surface area (Å²) in [5, 5.41) is 11.1. The van der Waals surface area contributed by atoms with E-state index in [2.05, 4.69) is 11.0 Å². The number of aliphatic hydroxyl groups is 1. The lowest BCUT2D eigenvalue weighted by atomic mass is 9.81. The van der Waals surface area contributed by atoms with E-state index >= 15 is 0 Å². The minimum atomic E-state index is -0.686. The van der Waals surface area contributed by atoms with Gasteiger partial charge in [0.05, 0.1) is 5.60 Å². The summed E-state index contributed by atoms with van der Waals surface area (Å²) in [7, 11) is 0. The number of nitrogens with two attached hydrogens (primary N) is 1. The molecule has 1 aromatic rings. The summed E-state index contributed by atoms with van der Waals surface area (Å²) in [6.45, 7) is 3.72. The lowest BCUT2D eigenvalue weighted by molar-refractivity contribution is -0.0274. The Morgan fingerprint density at radius 3 is 2.38 bits per heavy atom. The van der Waals surface area contributed by atoms with Gasteiger partial charge in [-0.2, -0.15) is 0 Å². The molecule has 2 aliphatic rings. The van der Waals surface area contributed by atoms with Gasteiger partial charge in [0, 0.05) is 19.6 Å². The van der Waals surface area contributed by atoms with E-state index in [0.29, 0.717) is 6.54 Å². The summed E-state index contributed by atoms with van der Waals surface area (Å²) in [6, 6.07) is 8.14. The van der Waals surface area contributed by atoms with Crippen LogP contribution in [0, 0.1) is 5.92 Å². The summed E-state index contributed by atoms with van der Waals surface area (Å²) < 4.78 is 0. The maximum atomic E-state index is 11.1. The van der Waals surface area contributed by atoms with Crippen LogP contribution in [-0.2, 0) is 12.1 Å². The van der Waals surface area contributed by atoms with E-state index in [4.69, 9.17) is 5.73 Å². The number of benzene rings is 1. The molecule has 1 aliphatic heterocycles. The van der Waals surface area contributed by atoms with Crippen LogP contribution >= 0.6 is 0 Å². The minimum Gasteiger partial charge on any atom is -0.385 e. The smallest absolute Gasteiger partial charge is 0.0924 e. The summed E-state index contributed by atoms with van der Waals surface area (Å²) in [6.07, 6.45) is 11.6. The average molecular weight is 331 g/mol. The van der Waals surface area contributed by atoms with Crippen LogP contribution in [0.25, 0.3) is 0 Å². The second kappa shape index (κ2) is 8.46. The second-order valence-corrected chi connectivity index (χ2v) is 7.88. The largest absolute Gasteiger partial charge is 0.385 e. The fraction of sp³-hybridized carbons (Fsp3) is 0.714. The van der Waals surface area contributed by atoms with Gasteiger partial charge in [0.2, 0.25) is 0 Å². The molecule has 3 nitrogen and oxygen atoms in total. The third kappa shape index (κ3) is 4.38. The molecular weight excluding hydrogens is 296 g/mol. The van der Waals surface area contributed by atoms with Crippen LogP contribution in [-0.4, -0.2) is 29.6 Å². The average Bonchev–Trinajstić information content (AvgIpc) is 2.90. The van der Waals surface area contributed by atoms with E-state index in [1.54, 1.807) is 0 Å². The number of hydrogen-bond acceptors (Lipinski definition) is 3. The van der Waals surface area contributed by atoms with Crippen LogP contribution in [0.1, 0.15) is 68.9 Å². The molecule has 0 amide bonds. The lowest BCUT2D eigenvalue weighted by Crippen LogP contribution is -2.43. The quantitative estimate of drug-likeness (QED) is 0.808. The van der Waals surface area contributed by atoms with Crippen LogP contribution < -0.4 is 5.73 Å². The Kier molecular flexibility index (Phi) is 6.31. The third-order valence-electron chi connectivity index (χ3n) is 6.25. The van der Waals surface area contributed by atoms with E-state index in [-0.39, 0.29) is 0 Å². The Hall–Kier alpha value is -0.900. The van der Waals surface area contributed by atoms with Crippen molar-refractivity contribution in [2.24, 2.45) is 11.7 Å². The molecule has 1 aromatic carbocycles. The Morgan fingerprint density at radius 1 is 1.04 bits per heavy atom. The maximum Gasteiger partial charge on any atom is 0.0924 e. The molecule has 0 atom stereocenters. The van der Waals surface area contributed by atoms with Crippen molar-refractivity contribution in [1.29, 1.82) is 0 Å². The van der Waals surface area contributed by atoms with Crippen molar-refractivity contribution in [3.63, 3.8) is 0 Å². The van der Waals surface area contributed by atoms with Gasteiger partial charge in [-0.05, 0) is 42.9 Å². The van der Waals surface area contributed by atoms with Crippen molar-refractivity contribution in [2.75, 3.05) is 19.6 Å². The first kappa shape index (κ1) is 17.9. The topological polar surface area (TPSA) is 49.5 Å². The zero-order valence-electron chi connectivity index (χ0n) is 15.1. The molecule has 24 heavy (non-hydrogen) atoms. The SMILES string of the molecule is NCc1ccccc1C1(O)CCN(CCC2CCCCCC2)CC1. The molecule has 3 N–H and O–H groups in total. The second-order valence-electron chi connectivity index (χ2n) is 7.88. The standard InChI is InChI=1S/C21H34N2O/c22-17-19-9-5-6-10-20(19)21(24)12-15-23(16-13-21)14-11-18-7-3-1-2-4-8-18/h5-6,9-10,18,24H,1-4,7-8,11-17,22H2. The lowest BCUT2D eigenvalue weighted by Gasteiger charge is -2.39. The fourth-order valence-electron chi connectivity index (χ4n) is 4.59. The van der Waals surface area contributed by atoms with Crippen molar-refractivity contribution >= 4 is 0 Å². The van der Waals surface area contributed by atoms with Gasteiger partial charge in [-0.3, -0.25) is 0 Å². The monoisotopic (exact) mass is 330 g/mol. The Labute approximate surface area is 147 Å².